The van der Waals surface area contributed by atoms with Crippen LogP contribution in [0.15, 0.2) is 34.9 Å². The fraction of sp³-hybridized carbons (Fsp3) is 0.438. The molecule has 22 heavy (non-hydrogen) atoms. The number of carbonyl (C=O) groups excluding carboxylic acids is 1. The molecule has 1 unspecified atom stereocenters. The van der Waals surface area contributed by atoms with Crippen LogP contribution >= 0.6 is 0 Å². The molecule has 2 aromatic rings. The summed E-state index contributed by atoms with van der Waals surface area (Å²) in [5.41, 5.74) is 0.914. The average molecular weight is 303 g/mol. The van der Waals surface area contributed by atoms with Crippen LogP contribution in [-0.2, 0) is 16.0 Å². The van der Waals surface area contributed by atoms with E-state index in [1.807, 2.05) is 37.3 Å². The van der Waals surface area contributed by atoms with Gasteiger partial charge in [0, 0.05) is 20.0 Å². The zero-order valence-electron chi connectivity index (χ0n) is 12.9. The largest absolute Gasteiger partial charge is 0.384 e. The van der Waals surface area contributed by atoms with Crippen LogP contribution in [-0.4, -0.2) is 29.8 Å². The van der Waals surface area contributed by atoms with Crippen LogP contribution in [0.3, 0.4) is 0 Å². The lowest BCUT2D eigenvalue weighted by molar-refractivity contribution is -0.122. The minimum atomic E-state index is -0.417. The van der Waals surface area contributed by atoms with Gasteiger partial charge < -0.3 is 14.6 Å². The number of benzene rings is 1. The van der Waals surface area contributed by atoms with Gasteiger partial charge in [0.1, 0.15) is 6.04 Å². The molecule has 6 nitrogen and oxygen atoms in total. The van der Waals surface area contributed by atoms with Crippen molar-refractivity contribution in [2.75, 3.05) is 13.7 Å². The minimum absolute atomic E-state index is 0.113. The van der Waals surface area contributed by atoms with Crippen molar-refractivity contribution in [3.8, 4) is 0 Å². The first kappa shape index (κ1) is 16.2. The predicted octanol–water partition coefficient (Wildman–Crippen LogP) is 2.26. The van der Waals surface area contributed by atoms with E-state index in [-0.39, 0.29) is 5.91 Å². The molecule has 1 atom stereocenters. The van der Waals surface area contributed by atoms with Gasteiger partial charge in [0.15, 0.2) is 5.82 Å². The van der Waals surface area contributed by atoms with Crippen molar-refractivity contribution in [3.05, 3.63) is 47.6 Å². The van der Waals surface area contributed by atoms with Crippen molar-refractivity contribution < 1.29 is 14.1 Å². The van der Waals surface area contributed by atoms with Crippen LogP contribution in [0.5, 0.6) is 0 Å². The van der Waals surface area contributed by atoms with Crippen LogP contribution < -0.4 is 5.32 Å². The third kappa shape index (κ3) is 4.39. The molecule has 2 rings (SSSR count). The fourth-order valence-corrected chi connectivity index (χ4v) is 2.07. The van der Waals surface area contributed by atoms with E-state index in [4.69, 9.17) is 9.26 Å². The van der Waals surface area contributed by atoms with Gasteiger partial charge in [-0.2, -0.15) is 4.98 Å². The number of aryl methyl sites for hydroxylation is 1. The molecule has 0 radical (unpaired) electrons. The lowest BCUT2D eigenvalue weighted by atomic mass is 10.1. The molecule has 1 aromatic heterocycles. The maximum absolute atomic E-state index is 12.0. The number of nitrogens with zero attached hydrogens (tertiary/aromatic N) is 2. The second-order valence-electron chi connectivity index (χ2n) is 4.95. The molecule has 0 aliphatic carbocycles. The molecule has 0 fully saturated rings. The van der Waals surface area contributed by atoms with Crippen molar-refractivity contribution in [1.29, 1.82) is 0 Å². The summed E-state index contributed by atoms with van der Waals surface area (Å²) in [5, 5.41) is 6.95. The third-order valence-corrected chi connectivity index (χ3v) is 3.18. The van der Waals surface area contributed by atoms with Gasteiger partial charge >= 0.3 is 0 Å². The van der Waals surface area contributed by atoms with E-state index in [0.29, 0.717) is 24.7 Å². The first-order valence-electron chi connectivity index (χ1n) is 7.40. The summed E-state index contributed by atoms with van der Waals surface area (Å²) in [6.45, 7) is 2.42. The Morgan fingerprint density at radius 1 is 1.36 bits per heavy atom. The third-order valence-electron chi connectivity index (χ3n) is 3.18. The molecule has 1 N–H and O–H groups in total. The Bertz CT molecular complexity index is 583. The molecular formula is C16H21N3O3. The molecule has 1 aromatic carbocycles. The van der Waals surface area contributed by atoms with Gasteiger partial charge in [0.25, 0.3) is 0 Å². The Labute approximate surface area is 129 Å². The number of hydrogen-bond donors (Lipinski definition) is 1. The van der Waals surface area contributed by atoms with E-state index >= 15 is 0 Å². The van der Waals surface area contributed by atoms with Crippen molar-refractivity contribution in [2.45, 2.75) is 32.2 Å². The van der Waals surface area contributed by atoms with Gasteiger partial charge in [-0.25, -0.2) is 0 Å². The van der Waals surface area contributed by atoms with E-state index in [9.17, 15) is 4.79 Å². The zero-order valence-corrected chi connectivity index (χ0v) is 12.9. The first-order chi connectivity index (χ1) is 10.7. The summed E-state index contributed by atoms with van der Waals surface area (Å²) in [6.07, 6.45) is 1.95. The summed E-state index contributed by atoms with van der Waals surface area (Å²) in [7, 11) is 1.57. The average Bonchev–Trinajstić information content (AvgIpc) is 3.00. The zero-order chi connectivity index (χ0) is 15.8. The Hall–Kier alpha value is -2.21. The summed E-state index contributed by atoms with van der Waals surface area (Å²) < 4.78 is 10.2. The number of ether oxygens (including phenoxy) is 1. The maximum atomic E-state index is 12.0. The fourth-order valence-electron chi connectivity index (χ4n) is 2.07. The molecule has 6 heteroatoms. The van der Waals surface area contributed by atoms with Crippen molar-refractivity contribution in [3.63, 3.8) is 0 Å². The van der Waals surface area contributed by atoms with E-state index in [0.717, 1.165) is 18.4 Å². The highest BCUT2D eigenvalue weighted by atomic mass is 16.5. The number of methoxy groups -OCH3 is 1. The number of hydrogen-bond acceptors (Lipinski definition) is 5. The molecule has 0 aliphatic rings. The quantitative estimate of drug-likeness (QED) is 0.809. The smallest absolute Gasteiger partial charge is 0.226 e. The topological polar surface area (TPSA) is 77.2 Å². The maximum Gasteiger partial charge on any atom is 0.226 e. The Balaban J connectivity index is 2.19. The van der Waals surface area contributed by atoms with Crippen molar-refractivity contribution in [1.82, 2.24) is 15.5 Å². The number of amides is 1. The Morgan fingerprint density at radius 2 is 2.14 bits per heavy atom. The Kier molecular flexibility index (Phi) is 6.09. The molecular weight excluding hydrogens is 282 g/mol. The molecule has 118 valence electrons. The highest BCUT2D eigenvalue weighted by Crippen LogP contribution is 2.20. The van der Waals surface area contributed by atoms with Gasteiger partial charge in [0.05, 0.1) is 6.61 Å². The highest BCUT2D eigenvalue weighted by Gasteiger charge is 2.22. The summed E-state index contributed by atoms with van der Waals surface area (Å²) in [5.74, 6) is 0.947. The molecule has 0 bridgehead atoms. The standard InChI is InChI=1S/C16H21N3O3/c1-3-7-14-18-16(19-22-14)15(12-8-5-4-6-9-12)17-13(20)10-11-21-2/h4-6,8-9,15H,3,7,10-11H2,1-2H3,(H,17,20). The number of carbonyl (C=O) groups is 1. The molecule has 0 saturated carbocycles. The van der Waals surface area contributed by atoms with Crippen LogP contribution in [0, 0.1) is 0 Å². The van der Waals surface area contributed by atoms with Gasteiger partial charge in [-0.1, -0.05) is 42.4 Å². The first-order valence-corrected chi connectivity index (χ1v) is 7.40. The van der Waals surface area contributed by atoms with E-state index < -0.39 is 6.04 Å². The lowest BCUT2D eigenvalue weighted by Crippen LogP contribution is -2.30. The van der Waals surface area contributed by atoms with E-state index in [1.165, 1.54) is 0 Å². The SMILES string of the molecule is CCCc1nc(C(NC(=O)CCOC)c2ccccc2)no1. The Morgan fingerprint density at radius 3 is 2.82 bits per heavy atom. The van der Waals surface area contributed by atoms with E-state index in [1.54, 1.807) is 7.11 Å². The molecule has 0 spiro atoms. The molecule has 0 saturated heterocycles. The van der Waals surface area contributed by atoms with E-state index in [2.05, 4.69) is 15.5 Å². The molecule has 1 amide bonds. The van der Waals surface area contributed by atoms with Crippen LogP contribution in [0.25, 0.3) is 0 Å². The van der Waals surface area contributed by atoms with Gasteiger partial charge in [-0.3, -0.25) is 4.79 Å². The molecule has 1 heterocycles. The lowest BCUT2D eigenvalue weighted by Gasteiger charge is -2.15. The molecule has 0 aliphatic heterocycles. The van der Waals surface area contributed by atoms with Crippen molar-refractivity contribution in [2.24, 2.45) is 0 Å². The number of nitrogens with one attached hydrogen (secondary N) is 1. The van der Waals surface area contributed by atoms with Gasteiger partial charge in [-0.15, -0.1) is 0 Å². The predicted molar refractivity (Wildman–Crippen MR) is 81.2 cm³/mol. The van der Waals surface area contributed by atoms with Crippen LogP contribution in [0.2, 0.25) is 0 Å². The van der Waals surface area contributed by atoms with Gasteiger partial charge in [0.2, 0.25) is 11.8 Å². The van der Waals surface area contributed by atoms with Gasteiger partial charge in [-0.05, 0) is 12.0 Å². The van der Waals surface area contributed by atoms with Crippen molar-refractivity contribution >= 4 is 5.91 Å². The normalized spacial score (nSPS) is 12.1. The number of aromatic nitrogens is 2. The van der Waals surface area contributed by atoms with Crippen LogP contribution in [0.4, 0.5) is 0 Å². The monoisotopic (exact) mass is 303 g/mol. The summed E-state index contributed by atoms with van der Waals surface area (Å²) in [4.78, 5) is 16.4. The second kappa shape index (κ2) is 8.29. The van der Waals surface area contributed by atoms with Crippen LogP contribution in [0.1, 0.15) is 43.1 Å². The summed E-state index contributed by atoms with van der Waals surface area (Å²) in [6, 6.07) is 9.19. The minimum Gasteiger partial charge on any atom is -0.384 e. The summed E-state index contributed by atoms with van der Waals surface area (Å²) >= 11 is 0. The highest BCUT2D eigenvalue weighted by molar-refractivity contribution is 5.76. The second-order valence-corrected chi connectivity index (χ2v) is 4.95. The number of rotatable bonds is 8.